The molecule has 1 rings (SSSR count). The average molecular weight is 208 g/mol. The number of pyridine rings is 1. The first-order valence-corrected chi connectivity index (χ1v) is 4.53. The van der Waals surface area contributed by atoms with Crippen LogP contribution in [-0.2, 0) is 0 Å². The lowest BCUT2D eigenvalue weighted by molar-refractivity contribution is 0.716. The van der Waals surface area contributed by atoms with Crippen molar-refractivity contribution in [3.8, 4) is 0 Å². The van der Waals surface area contributed by atoms with Gasteiger partial charge in [0, 0.05) is 19.3 Å². The number of aryl methyl sites for hydroxylation is 1. The molecule has 0 aliphatic carbocycles. The Morgan fingerprint density at radius 3 is 2.87 bits per heavy atom. The first-order chi connectivity index (χ1) is 7.19. The highest BCUT2D eigenvalue weighted by molar-refractivity contribution is 5.55. The van der Waals surface area contributed by atoms with Gasteiger partial charge in [0.25, 0.3) is 5.56 Å². The summed E-state index contributed by atoms with van der Waals surface area (Å²) in [5, 5.41) is 2.73. The van der Waals surface area contributed by atoms with Crippen molar-refractivity contribution in [3.63, 3.8) is 0 Å². The predicted octanol–water partition coefficient (Wildman–Crippen LogP) is 1.66. The SMILES string of the molecule is CN/C=C\C(=C/F)n1cc(C)ccc1=O. The molecule has 1 aromatic heterocycles. The van der Waals surface area contributed by atoms with Gasteiger partial charge in [0.05, 0.1) is 5.70 Å². The normalized spacial score (nSPS) is 12.1. The second-order valence-corrected chi connectivity index (χ2v) is 3.07. The first-order valence-electron chi connectivity index (χ1n) is 4.53. The van der Waals surface area contributed by atoms with Gasteiger partial charge in [0.15, 0.2) is 0 Å². The molecule has 0 aliphatic rings. The average Bonchev–Trinajstić information content (AvgIpc) is 2.24. The van der Waals surface area contributed by atoms with Gasteiger partial charge in [0.1, 0.15) is 6.33 Å². The van der Waals surface area contributed by atoms with Gasteiger partial charge in [0.2, 0.25) is 0 Å². The smallest absolute Gasteiger partial charge is 0.255 e. The Bertz CT molecular complexity index is 446. The van der Waals surface area contributed by atoms with E-state index in [0.717, 1.165) is 5.56 Å². The quantitative estimate of drug-likeness (QED) is 0.766. The fraction of sp³-hybridized carbons (Fsp3) is 0.182. The second kappa shape index (κ2) is 5.14. The number of rotatable bonds is 3. The van der Waals surface area contributed by atoms with Gasteiger partial charge in [-0.05, 0) is 24.8 Å². The Hall–Kier alpha value is -1.84. The van der Waals surface area contributed by atoms with E-state index >= 15 is 0 Å². The molecule has 1 aromatic rings. The van der Waals surface area contributed by atoms with Crippen molar-refractivity contribution in [2.45, 2.75) is 6.92 Å². The summed E-state index contributed by atoms with van der Waals surface area (Å²) in [6, 6.07) is 3.10. The summed E-state index contributed by atoms with van der Waals surface area (Å²) in [5.41, 5.74) is 0.829. The van der Waals surface area contributed by atoms with Crippen LogP contribution in [0.5, 0.6) is 0 Å². The van der Waals surface area contributed by atoms with Gasteiger partial charge in [-0.1, -0.05) is 6.07 Å². The summed E-state index contributed by atoms with van der Waals surface area (Å²) in [7, 11) is 1.70. The third-order valence-electron chi connectivity index (χ3n) is 1.87. The molecule has 0 saturated heterocycles. The van der Waals surface area contributed by atoms with E-state index in [0.29, 0.717) is 6.33 Å². The molecule has 0 unspecified atom stereocenters. The van der Waals surface area contributed by atoms with Crippen molar-refractivity contribution in [1.29, 1.82) is 0 Å². The molecule has 0 aliphatic heterocycles. The van der Waals surface area contributed by atoms with Crippen LogP contribution in [0.25, 0.3) is 5.70 Å². The zero-order valence-corrected chi connectivity index (χ0v) is 8.70. The molecule has 0 fully saturated rings. The topological polar surface area (TPSA) is 34.0 Å². The van der Waals surface area contributed by atoms with E-state index in [9.17, 15) is 9.18 Å². The van der Waals surface area contributed by atoms with Gasteiger partial charge < -0.3 is 5.32 Å². The summed E-state index contributed by atoms with van der Waals surface area (Å²) in [6.45, 7) is 1.84. The summed E-state index contributed by atoms with van der Waals surface area (Å²) in [5.74, 6) is 0. The van der Waals surface area contributed by atoms with E-state index in [1.54, 1.807) is 25.5 Å². The third-order valence-corrected chi connectivity index (χ3v) is 1.87. The molecular weight excluding hydrogens is 195 g/mol. The number of nitrogens with zero attached hydrogens (tertiary/aromatic N) is 1. The van der Waals surface area contributed by atoms with Crippen LogP contribution >= 0.6 is 0 Å². The molecule has 1 N–H and O–H groups in total. The van der Waals surface area contributed by atoms with Gasteiger partial charge >= 0.3 is 0 Å². The molecule has 0 radical (unpaired) electrons. The maximum Gasteiger partial charge on any atom is 0.255 e. The van der Waals surface area contributed by atoms with Crippen LogP contribution in [0.2, 0.25) is 0 Å². The van der Waals surface area contributed by atoms with Crippen molar-refractivity contribution in [3.05, 3.63) is 52.9 Å². The Labute approximate surface area is 87.5 Å². The number of aromatic nitrogens is 1. The van der Waals surface area contributed by atoms with Crippen molar-refractivity contribution < 1.29 is 4.39 Å². The Morgan fingerprint density at radius 2 is 2.27 bits per heavy atom. The zero-order chi connectivity index (χ0) is 11.3. The van der Waals surface area contributed by atoms with Crippen LogP contribution in [0, 0.1) is 6.92 Å². The van der Waals surface area contributed by atoms with Gasteiger partial charge in [-0.25, -0.2) is 4.39 Å². The molecule has 0 aromatic carbocycles. The fourth-order valence-corrected chi connectivity index (χ4v) is 1.13. The minimum absolute atomic E-state index is 0.193. The van der Waals surface area contributed by atoms with Gasteiger partial charge in [-0.15, -0.1) is 0 Å². The van der Waals surface area contributed by atoms with Gasteiger partial charge in [-0.2, -0.15) is 0 Å². The number of hydrogen-bond acceptors (Lipinski definition) is 2. The van der Waals surface area contributed by atoms with Crippen LogP contribution in [0.3, 0.4) is 0 Å². The molecule has 0 bridgehead atoms. The first kappa shape index (κ1) is 11.2. The molecule has 4 heteroatoms. The van der Waals surface area contributed by atoms with Crippen LogP contribution in [-0.4, -0.2) is 11.6 Å². The van der Waals surface area contributed by atoms with Crippen LogP contribution in [0.4, 0.5) is 4.39 Å². The van der Waals surface area contributed by atoms with Crippen LogP contribution in [0.1, 0.15) is 5.56 Å². The molecule has 80 valence electrons. The molecule has 0 atom stereocenters. The summed E-state index contributed by atoms with van der Waals surface area (Å²) < 4.78 is 13.8. The van der Waals surface area contributed by atoms with E-state index in [1.165, 1.54) is 16.7 Å². The lowest BCUT2D eigenvalue weighted by Gasteiger charge is -2.05. The Kier molecular flexibility index (Phi) is 3.85. The lowest BCUT2D eigenvalue weighted by atomic mass is 10.3. The second-order valence-electron chi connectivity index (χ2n) is 3.07. The summed E-state index contributed by atoms with van der Waals surface area (Å²) in [4.78, 5) is 11.4. The van der Waals surface area contributed by atoms with E-state index in [4.69, 9.17) is 0 Å². The maximum atomic E-state index is 12.6. The van der Waals surface area contributed by atoms with Crippen molar-refractivity contribution in [2.75, 3.05) is 7.05 Å². The molecule has 3 nitrogen and oxygen atoms in total. The maximum absolute atomic E-state index is 12.6. The molecule has 0 saturated carbocycles. The standard InChI is InChI=1S/C11H13FN2O/c1-9-3-4-11(15)14(8-9)10(7-12)5-6-13-2/h3-8,13H,1-2H3/b6-5-,10-7+. The molecular formula is C11H13FN2O. The summed E-state index contributed by atoms with van der Waals surface area (Å²) in [6.07, 6.45) is 5.03. The number of nitrogens with one attached hydrogen (secondary N) is 1. The Morgan fingerprint density at radius 1 is 1.53 bits per heavy atom. The molecule has 0 spiro atoms. The zero-order valence-electron chi connectivity index (χ0n) is 8.70. The van der Waals surface area contributed by atoms with E-state index in [-0.39, 0.29) is 11.3 Å². The lowest BCUT2D eigenvalue weighted by Crippen LogP contribution is -2.17. The van der Waals surface area contributed by atoms with Crippen molar-refractivity contribution in [1.82, 2.24) is 9.88 Å². The fourth-order valence-electron chi connectivity index (χ4n) is 1.13. The minimum atomic E-state index is -0.259. The van der Waals surface area contributed by atoms with E-state index < -0.39 is 0 Å². The molecule has 1 heterocycles. The van der Waals surface area contributed by atoms with Crippen LogP contribution in [0.15, 0.2) is 41.7 Å². The highest BCUT2D eigenvalue weighted by Gasteiger charge is 1.99. The Balaban J connectivity index is 3.19. The highest BCUT2D eigenvalue weighted by Crippen LogP contribution is 2.04. The van der Waals surface area contributed by atoms with Gasteiger partial charge in [-0.3, -0.25) is 9.36 Å². The third kappa shape index (κ3) is 2.80. The predicted molar refractivity (Wildman–Crippen MR) is 59.0 cm³/mol. The summed E-state index contributed by atoms with van der Waals surface area (Å²) >= 11 is 0. The number of halogens is 1. The monoisotopic (exact) mass is 208 g/mol. The van der Waals surface area contributed by atoms with Crippen molar-refractivity contribution in [2.24, 2.45) is 0 Å². The largest absolute Gasteiger partial charge is 0.394 e. The van der Waals surface area contributed by atoms with Crippen LogP contribution < -0.4 is 10.9 Å². The minimum Gasteiger partial charge on any atom is -0.394 e. The van der Waals surface area contributed by atoms with E-state index in [2.05, 4.69) is 5.32 Å². The van der Waals surface area contributed by atoms with Crippen molar-refractivity contribution >= 4 is 5.70 Å². The number of allylic oxidation sites excluding steroid dienone is 2. The number of hydrogen-bond donors (Lipinski definition) is 1. The molecule has 0 amide bonds. The highest BCUT2D eigenvalue weighted by atomic mass is 19.1. The molecule has 15 heavy (non-hydrogen) atoms. The van der Waals surface area contributed by atoms with E-state index in [1.807, 2.05) is 6.92 Å².